The van der Waals surface area contributed by atoms with E-state index in [2.05, 4.69) is 17.1 Å². The predicted octanol–water partition coefficient (Wildman–Crippen LogP) is 2.04. The average molecular weight is 270 g/mol. The SMILES string of the molecule is C[C@H]1CNCCN1Cc1c(Cl)cccc1[N+](=O)[O-]. The Kier molecular flexibility index (Phi) is 4.16. The summed E-state index contributed by atoms with van der Waals surface area (Å²) in [4.78, 5) is 12.9. The lowest BCUT2D eigenvalue weighted by atomic mass is 10.1. The summed E-state index contributed by atoms with van der Waals surface area (Å²) < 4.78 is 0. The van der Waals surface area contributed by atoms with E-state index >= 15 is 0 Å². The van der Waals surface area contributed by atoms with Gasteiger partial charge in [-0.15, -0.1) is 0 Å². The van der Waals surface area contributed by atoms with Crippen molar-refractivity contribution in [3.8, 4) is 0 Å². The first-order valence-electron chi connectivity index (χ1n) is 5.96. The summed E-state index contributed by atoms with van der Waals surface area (Å²) in [6, 6.07) is 5.19. The number of nitro groups is 1. The van der Waals surface area contributed by atoms with Crippen LogP contribution in [0, 0.1) is 10.1 Å². The van der Waals surface area contributed by atoms with Gasteiger partial charge >= 0.3 is 0 Å². The molecule has 2 rings (SSSR count). The minimum absolute atomic E-state index is 0.105. The van der Waals surface area contributed by atoms with E-state index in [9.17, 15) is 10.1 Å². The van der Waals surface area contributed by atoms with E-state index in [0.717, 1.165) is 19.6 Å². The molecule has 18 heavy (non-hydrogen) atoms. The van der Waals surface area contributed by atoms with Crippen molar-refractivity contribution in [2.45, 2.75) is 19.5 Å². The van der Waals surface area contributed by atoms with Gasteiger partial charge in [0.15, 0.2) is 0 Å². The molecule has 5 nitrogen and oxygen atoms in total. The van der Waals surface area contributed by atoms with Crippen LogP contribution in [0.1, 0.15) is 12.5 Å². The molecule has 1 aliphatic rings. The maximum Gasteiger partial charge on any atom is 0.275 e. The fraction of sp³-hybridized carbons (Fsp3) is 0.500. The molecule has 98 valence electrons. The van der Waals surface area contributed by atoms with Gasteiger partial charge in [0.05, 0.1) is 15.5 Å². The van der Waals surface area contributed by atoms with Gasteiger partial charge < -0.3 is 5.32 Å². The normalized spacial score (nSPS) is 20.9. The Hall–Kier alpha value is -1.17. The van der Waals surface area contributed by atoms with Gasteiger partial charge in [-0.3, -0.25) is 15.0 Å². The first-order chi connectivity index (χ1) is 8.59. The Morgan fingerprint density at radius 3 is 3.06 bits per heavy atom. The Morgan fingerprint density at radius 1 is 1.61 bits per heavy atom. The lowest BCUT2D eigenvalue weighted by Crippen LogP contribution is -2.49. The fourth-order valence-corrected chi connectivity index (χ4v) is 2.43. The molecule has 0 bridgehead atoms. The van der Waals surface area contributed by atoms with Gasteiger partial charge in [-0.1, -0.05) is 17.7 Å². The van der Waals surface area contributed by atoms with E-state index in [4.69, 9.17) is 11.6 Å². The molecule has 1 N–H and O–H groups in total. The van der Waals surface area contributed by atoms with Gasteiger partial charge in [-0.05, 0) is 13.0 Å². The highest BCUT2D eigenvalue weighted by Gasteiger charge is 2.23. The predicted molar refractivity (Wildman–Crippen MR) is 70.8 cm³/mol. The quantitative estimate of drug-likeness (QED) is 0.674. The lowest BCUT2D eigenvalue weighted by molar-refractivity contribution is -0.385. The molecule has 6 heteroatoms. The van der Waals surface area contributed by atoms with E-state index in [-0.39, 0.29) is 10.6 Å². The van der Waals surface area contributed by atoms with Crippen LogP contribution < -0.4 is 5.32 Å². The highest BCUT2D eigenvalue weighted by molar-refractivity contribution is 6.31. The second kappa shape index (κ2) is 5.65. The first kappa shape index (κ1) is 13.3. The summed E-state index contributed by atoms with van der Waals surface area (Å²) in [7, 11) is 0. The fourth-order valence-electron chi connectivity index (χ4n) is 2.20. The molecule has 0 aromatic heterocycles. The Labute approximate surface area is 111 Å². The van der Waals surface area contributed by atoms with Crippen LogP contribution in [-0.2, 0) is 6.54 Å². The Bertz CT molecular complexity index is 453. The van der Waals surface area contributed by atoms with E-state index in [1.54, 1.807) is 12.1 Å². The molecule has 1 saturated heterocycles. The van der Waals surface area contributed by atoms with Crippen molar-refractivity contribution in [3.05, 3.63) is 38.9 Å². The number of nitro benzene ring substituents is 1. The van der Waals surface area contributed by atoms with Crippen molar-refractivity contribution in [1.29, 1.82) is 0 Å². The summed E-state index contributed by atoms with van der Waals surface area (Å²) in [5.74, 6) is 0. The third-order valence-electron chi connectivity index (χ3n) is 3.29. The molecule has 1 fully saturated rings. The van der Waals surface area contributed by atoms with Crippen molar-refractivity contribution in [2.75, 3.05) is 19.6 Å². The highest BCUT2D eigenvalue weighted by atomic mass is 35.5. The number of halogens is 1. The van der Waals surface area contributed by atoms with Crippen molar-refractivity contribution in [2.24, 2.45) is 0 Å². The minimum Gasteiger partial charge on any atom is -0.314 e. The van der Waals surface area contributed by atoms with Gasteiger partial charge in [0.2, 0.25) is 0 Å². The molecular weight excluding hydrogens is 254 g/mol. The van der Waals surface area contributed by atoms with Crippen molar-refractivity contribution < 1.29 is 4.92 Å². The summed E-state index contributed by atoms with van der Waals surface area (Å²) in [6.45, 7) is 5.32. The molecule has 0 amide bonds. The summed E-state index contributed by atoms with van der Waals surface area (Å²) in [5.41, 5.74) is 0.714. The number of hydrogen-bond acceptors (Lipinski definition) is 4. The topological polar surface area (TPSA) is 58.4 Å². The maximum absolute atomic E-state index is 11.0. The number of piperazine rings is 1. The standard InChI is InChI=1S/C12H16ClN3O2/c1-9-7-14-5-6-15(9)8-10-11(13)3-2-4-12(10)16(17)18/h2-4,9,14H,5-8H2,1H3/t9-/m0/s1. The van der Waals surface area contributed by atoms with E-state index in [1.165, 1.54) is 6.07 Å². The molecule has 1 atom stereocenters. The van der Waals surface area contributed by atoms with Crippen molar-refractivity contribution in [3.63, 3.8) is 0 Å². The molecule has 0 aliphatic carbocycles. The third-order valence-corrected chi connectivity index (χ3v) is 3.65. The molecule has 0 spiro atoms. The zero-order valence-electron chi connectivity index (χ0n) is 10.2. The summed E-state index contributed by atoms with van der Waals surface area (Å²) >= 11 is 6.09. The number of hydrogen-bond donors (Lipinski definition) is 1. The van der Waals surface area contributed by atoms with Gasteiger partial charge in [0, 0.05) is 38.3 Å². The summed E-state index contributed by atoms with van der Waals surface area (Å²) in [5, 5.41) is 14.8. The van der Waals surface area contributed by atoms with Crippen LogP contribution in [0.25, 0.3) is 0 Å². The zero-order valence-corrected chi connectivity index (χ0v) is 11.0. The van der Waals surface area contributed by atoms with Crippen LogP contribution in [0.4, 0.5) is 5.69 Å². The second-order valence-corrected chi connectivity index (χ2v) is 4.93. The van der Waals surface area contributed by atoms with Gasteiger partial charge in [0.1, 0.15) is 0 Å². The molecule has 1 heterocycles. The molecule has 0 unspecified atom stereocenters. The van der Waals surface area contributed by atoms with Gasteiger partial charge in [-0.25, -0.2) is 0 Å². The molecular formula is C12H16ClN3O2. The number of benzene rings is 1. The monoisotopic (exact) mass is 269 g/mol. The smallest absolute Gasteiger partial charge is 0.275 e. The lowest BCUT2D eigenvalue weighted by Gasteiger charge is -2.33. The maximum atomic E-state index is 11.0. The van der Waals surface area contributed by atoms with E-state index in [1.807, 2.05) is 0 Å². The molecule has 0 saturated carbocycles. The van der Waals surface area contributed by atoms with Gasteiger partial charge in [0.25, 0.3) is 5.69 Å². The molecule has 1 aromatic carbocycles. The number of rotatable bonds is 3. The van der Waals surface area contributed by atoms with Crippen LogP contribution in [-0.4, -0.2) is 35.5 Å². The summed E-state index contributed by atoms with van der Waals surface area (Å²) in [6.07, 6.45) is 0. The van der Waals surface area contributed by atoms with Crippen LogP contribution in [0.15, 0.2) is 18.2 Å². The zero-order chi connectivity index (χ0) is 13.1. The number of nitrogens with zero attached hydrogens (tertiary/aromatic N) is 2. The second-order valence-electron chi connectivity index (χ2n) is 4.52. The van der Waals surface area contributed by atoms with Crippen molar-refractivity contribution >= 4 is 17.3 Å². The Balaban J connectivity index is 2.24. The van der Waals surface area contributed by atoms with E-state index < -0.39 is 0 Å². The minimum atomic E-state index is -0.367. The molecule has 1 aromatic rings. The third kappa shape index (κ3) is 2.80. The molecule has 1 aliphatic heterocycles. The first-order valence-corrected chi connectivity index (χ1v) is 6.34. The van der Waals surface area contributed by atoms with Crippen LogP contribution in [0.2, 0.25) is 5.02 Å². The van der Waals surface area contributed by atoms with Gasteiger partial charge in [-0.2, -0.15) is 0 Å². The number of nitrogens with one attached hydrogen (secondary N) is 1. The van der Waals surface area contributed by atoms with E-state index in [0.29, 0.717) is 23.2 Å². The molecule has 0 radical (unpaired) electrons. The largest absolute Gasteiger partial charge is 0.314 e. The van der Waals surface area contributed by atoms with Crippen LogP contribution in [0.5, 0.6) is 0 Å². The Morgan fingerprint density at radius 2 is 2.39 bits per heavy atom. The van der Waals surface area contributed by atoms with Crippen LogP contribution >= 0.6 is 11.6 Å². The average Bonchev–Trinajstić information content (AvgIpc) is 2.34. The van der Waals surface area contributed by atoms with Crippen molar-refractivity contribution in [1.82, 2.24) is 10.2 Å². The highest BCUT2D eigenvalue weighted by Crippen LogP contribution is 2.28. The van der Waals surface area contributed by atoms with Crippen LogP contribution in [0.3, 0.4) is 0 Å².